The van der Waals surface area contributed by atoms with Crippen molar-refractivity contribution in [2.45, 2.75) is 4.90 Å². The Balaban J connectivity index is 2.72. The predicted octanol–water partition coefficient (Wildman–Crippen LogP) is 0.503. The first-order valence-electron chi connectivity index (χ1n) is 4.33. The van der Waals surface area contributed by atoms with Gasteiger partial charge in [0.05, 0.1) is 5.56 Å². The van der Waals surface area contributed by atoms with E-state index in [-0.39, 0.29) is 10.5 Å². The fourth-order valence-electron chi connectivity index (χ4n) is 1.50. The summed E-state index contributed by atoms with van der Waals surface area (Å²) in [6.07, 6.45) is 0. The van der Waals surface area contributed by atoms with Crippen molar-refractivity contribution < 1.29 is 13.2 Å². The third kappa shape index (κ3) is 1.21. The first kappa shape index (κ1) is 9.97. The Morgan fingerprint density at radius 1 is 1.33 bits per heavy atom. The van der Waals surface area contributed by atoms with Crippen LogP contribution in [0.4, 0.5) is 5.69 Å². The standard InChI is InChI=1S/C9H10N2O3S/c1-10-6-3-4-8-7(5-6)9(12)11(2)15(8,13)14/h3-5,10H,1-2H3. The zero-order chi connectivity index (χ0) is 11.2. The summed E-state index contributed by atoms with van der Waals surface area (Å²) in [7, 11) is -0.634. The van der Waals surface area contributed by atoms with Gasteiger partial charge in [-0.15, -0.1) is 0 Å². The maximum atomic E-state index is 11.7. The van der Waals surface area contributed by atoms with Crippen molar-refractivity contribution in [1.29, 1.82) is 0 Å². The number of carbonyl (C=O) groups excluding carboxylic acids is 1. The van der Waals surface area contributed by atoms with Gasteiger partial charge in [0.15, 0.2) is 0 Å². The molecule has 1 aliphatic rings. The average molecular weight is 226 g/mol. The minimum absolute atomic E-state index is 0.0778. The fourth-order valence-corrected chi connectivity index (χ4v) is 2.78. The maximum absolute atomic E-state index is 11.7. The Labute approximate surface area is 87.8 Å². The van der Waals surface area contributed by atoms with Crippen molar-refractivity contribution in [1.82, 2.24) is 4.31 Å². The van der Waals surface area contributed by atoms with Crippen molar-refractivity contribution in [3.63, 3.8) is 0 Å². The summed E-state index contributed by atoms with van der Waals surface area (Å²) < 4.78 is 24.1. The van der Waals surface area contributed by atoms with Crippen LogP contribution in [0.15, 0.2) is 23.1 Å². The van der Waals surface area contributed by atoms with Crippen molar-refractivity contribution in [3.05, 3.63) is 23.8 Å². The Bertz CT molecular complexity index is 536. The quantitative estimate of drug-likeness (QED) is 0.757. The molecule has 2 rings (SSSR count). The van der Waals surface area contributed by atoms with E-state index < -0.39 is 15.9 Å². The lowest BCUT2D eigenvalue weighted by atomic mass is 10.2. The lowest BCUT2D eigenvalue weighted by Crippen LogP contribution is -2.24. The minimum atomic E-state index is -3.60. The normalized spacial score (nSPS) is 17.7. The molecule has 0 bridgehead atoms. The molecule has 1 aromatic rings. The van der Waals surface area contributed by atoms with E-state index in [0.717, 1.165) is 4.31 Å². The number of benzene rings is 1. The van der Waals surface area contributed by atoms with Gasteiger partial charge in [-0.25, -0.2) is 12.7 Å². The summed E-state index contributed by atoms with van der Waals surface area (Å²) in [5.74, 6) is -0.484. The van der Waals surface area contributed by atoms with Crippen LogP contribution >= 0.6 is 0 Å². The van der Waals surface area contributed by atoms with Crippen LogP contribution in [0, 0.1) is 0 Å². The summed E-state index contributed by atoms with van der Waals surface area (Å²) in [5, 5.41) is 2.85. The molecule has 0 atom stereocenters. The van der Waals surface area contributed by atoms with Crippen molar-refractivity contribution >= 4 is 21.6 Å². The molecule has 0 saturated carbocycles. The van der Waals surface area contributed by atoms with E-state index in [1.807, 2.05) is 0 Å². The van der Waals surface area contributed by atoms with Gasteiger partial charge in [-0.05, 0) is 18.2 Å². The first-order valence-corrected chi connectivity index (χ1v) is 5.77. The van der Waals surface area contributed by atoms with Crippen LogP contribution < -0.4 is 5.32 Å². The van der Waals surface area contributed by atoms with E-state index in [0.29, 0.717) is 5.69 Å². The summed E-state index contributed by atoms with van der Waals surface area (Å²) >= 11 is 0. The molecule has 1 aliphatic heterocycles. The highest BCUT2D eigenvalue weighted by molar-refractivity contribution is 7.90. The summed E-state index contributed by atoms with van der Waals surface area (Å²) in [4.78, 5) is 11.7. The van der Waals surface area contributed by atoms with Gasteiger partial charge in [0.2, 0.25) is 0 Å². The molecule has 0 unspecified atom stereocenters. The van der Waals surface area contributed by atoms with Crippen LogP contribution in [0.2, 0.25) is 0 Å². The van der Waals surface area contributed by atoms with E-state index in [9.17, 15) is 13.2 Å². The van der Waals surface area contributed by atoms with Crippen LogP contribution in [0.1, 0.15) is 10.4 Å². The molecule has 0 saturated heterocycles. The van der Waals surface area contributed by atoms with Crippen LogP contribution in [-0.2, 0) is 10.0 Å². The Morgan fingerprint density at radius 3 is 2.60 bits per heavy atom. The van der Waals surface area contributed by atoms with Crippen molar-refractivity contribution in [2.24, 2.45) is 0 Å². The molecule has 0 spiro atoms. The second-order valence-electron chi connectivity index (χ2n) is 3.24. The molecule has 0 radical (unpaired) electrons. The second-order valence-corrected chi connectivity index (χ2v) is 5.18. The molecule has 0 aliphatic carbocycles. The lowest BCUT2D eigenvalue weighted by Gasteiger charge is -2.05. The summed E-state index contributed by atoms with van der Waals surface area (Å²) in [5.41, 5.74) is 0.942. The van der Waals surface area contributed by atoms with Crippen LogP contribution in [0.3, 0.4) is 0 Å². The molecule has 5 nitrogen and oxygen atoms in total. The van der Waals surface area contributed by atoms with Gasteiger partial charge in [0.25, 0.3) is 15.9 Å². The molecule has 15 heavy (non-hydrogen) atoms. The number of sulfonamides is 1. The predicted molar refractivity (Wildman–Crippen MR) is 55.3 cm³/mol. The first-order chi connectivity index (χ1) is 6.98. The van der Waals surface area contributed by atoms with E-state index in [4.69, 9.17) is 0 Å². The van der Waals surface area contributed by atoms with E-state index in [1.165, 1.54) is 13.1 Å². The smallest absolute Gasteiger partial charge is 0.268 e. The number of anilines is 1. The van der Waals surface area contributed by atoms with Crippen LogP contribution in [0.5, 0.6) is 0 Å². The number of nitrogens with zero attached hydrogens (tertiary/aromatic N) is 1. The largest absolute Gasteiger partial charge is 0.388 e. The van der Waals surface area contributed by atoms with E-state index in [2.05, 4.69) is 5.32 Å². The molecule has 1 heterocycles. The number of fused-ring (bicyclic) bond motifs is 1. The van der Waals surface area contributed by atoms with E-state index >= 15 is 0 Å². The highest BCUT2D eigenvalue weighted by Gasteiger charge is 2.38. The zero-order valence-electron chi connectivity index (χ0n) is 8.31. The maximum Gasteiger partial charge on any atom is 0.268 e. The second kappa shape index (κ2) is 2.96. The molecule has 0 aromatic heterocycles. The molecule has 0 fully saturated rings. The van der Waals surface area contributed by atoms with Gasteiger partial charge in [-0.1, -0.05) is 0 Å². The zero-order valence-corrected chi connectivity index (χ0v) is 9.13. The van der Waals surface area contributed by atoms with Crippen molar-refractivity contribution in [3.8, 4) is 0 Å². The van der Waals surface area contributed by atoms with E-state index in [1.54, 1.807) is 19.2 Å². The number of amides is 1. The third-order valence-electron chi connectivity index (χ3n) is 2.42. The van der Waals surface area contributed by atoms with Gasteiger partial charge in [0, 0.05) is 19.8 Å². The monoisotopic (exact) mass is 226 g/mol. The van der Waals surface area contributed by atoms with Crippen LogP contribution in [-0.4, -0.2) is 32.7 Å². The number of hydrogen-bond donors (Lipinski definition) is 1. The molecule has 1 N–H and O–H groups in total. The third-order valence-corrected chi connectivity index (χ3v) is 4.22. The number of carbonyl (C=O) groups is 1. The minimum Gasteiger partial charge on any atom is -0.388 e. The lowest BCUT2D eigenvalue weighted by molar-refractivity contribution is 0.0891. The fraction of sp³-hybridized carbons (Fsp3) is 0.222. The molecule has 1 aromatic carbocycles. The topological polar surface area (TPSA) is 66.5 Å². The molecular weight excluding hydrogens is 216 g/mol. The SMILES string of the molecule is CNc1ccc2c(c1)C(=O)N(C)S2(=O)=O. The van der Waals surface area contributed by atoms with Gasteiger partial charge >= 0.3 is 0 Å². The van der Waals surface area contributed by atoms with Crippen LogP contribution in [0.25, 0.3) is 0 Å². The Hall–Kier alpha value is -1.56. The molecule has 1 amide bonds. The summed E-state index contributed by atoms with van der Waals surface area (Å²) in [6, 6.07) is 4.61. The summed E-state index contributed by atoms with van der Waals surface area (Å²) in [6.45, 7) is 0. The molecular formula is C9H10N2O3S. The molecule has 80 valence electrons. The Morgan fingerprint density at radius 2 is 2.00 bits per heavy atom. The van der Waals surface area contributed by atoms with Gasteiger partial charge in [-0.3, -0.25) is 4.79 Å². The van der Waals surface area contributed by atoms with Gasteiger partial charge < -0.3 is 5.32 Å². The molecule has 6 heteroatoms. The van der Waals surface area contributed by atoms with Gasteiger partial charge in [-0.2, -0.15) is 0 Å². The highest BCUT2D eigenvalue weighted by Crippen LogP contribution is 2.30. The number of rotatable bonds is 1. The highest BCUT2D eigenvalue weighted by atomic mass is 32.2. The Kier molecular flexibility index (Phi) is 1.97. The number of hydrogen-bond acceptors (Lipinski definition) is 4. The number of nitrogens with one attached hydrogen (secondary N) is 1. The van der Waals surface area contributed by atoms with Crippen molar-refractivity contribution in [2.75, 3.05) is 19.4 Å². The van der Waals surface area contributed by atoms with Gasteiger partial charge in [0.1, 0.15) is 4.90 Å². The average Bonchev–Trinajstić information content (AvgIpc) is 2.40.